The lowest BCUT2D eigenvalue weighted by Crippen LogP contribution is -2.11. The topological polar surface area (TPSA) is 94.3 Å². The molecule has 0 aliphatic heterocycles. The molecule has 0 amide bonds. The Morgan fingerprint density at radius 1 is 1.24 bits per heavy atom. The summed E-state index contributed by atoms with van der Waals surface area (Å²) in [6, 6.07) is 3.49. The molecule has 0 unspecified atom stereocenters. The van der Waals surface area contributed by atoms with Crippen LogP contribution in [0.4, 0.5) is 16.3 Å². The van der Waals surface area contributed by atoms with E-state index in [1.165, 1.54) is 0 Å². The minimum atomic E-state index is -1.05. The molecule has 2 aromatic rings. The van der Waals surface area contributed by atoms with Gasteiger partial charge in [0, 0.05) is 16.6 Å². The summed E-state index contributed by atoms with van der Waals surface area (Å²) < 4.78 is 1.15. The number of benzene rings is 1. The zero-order valence-electron chi connectivity index (χ0n) is 9.23. The van der Waals surface area contributed by atoms with Gasteiger partial charge in [0.2, 0.25) is 0 Å². The fourth-order valence-corrected chi connectivity index (χ4v) is 2.74. The molecule has 17 heavy (non-hydrogen) atoms. The highest BCUT2D eigenvalue weighted by molar-refractivity contribution is 6.01. The van der Waals surface area contributed by atoms with E-state index in [9.17, 15) is 9.90 Å². The largest absolute Gasteiger partial charge is 0.464 e. The second-order valence-electron chi connectivity index (χ2n) is 4.36. The number of nitrogen functional groups attached to an aromatic ring is 2. The van der Waals surface area contributed by atoms with E-state index in [2.05, 4.69) is 0 Å². The van der Waals surface area contributed by atoms with Gasteiger partial charge in [0.15, 0.2) is 0 Å². The van der Waals surface area contributed by atoms with Crippen LogP contribution in [-0.2, 0) is 12.8 Å². The minimum absolute atomic E-state index is 0.332. The first kappa shape index (κ1) is 10.0. The van der Waals surface area contributed by atoms with Crippen LogP contribution in [0, 0.1) is 0 Å². The monoisotopic (exact) mass is 231 g/mol. The van der Waals surface area contributed by atoms with Gasteiger partial charge in [0.1, 0.15) is 5.82 Å². The third kappa shape index (κ3) is 1.16. The molecule has 0 spiro atoms. The first-order chi connectivity index (χ1) is 8.11. The summed E-state index contributed by atoms with van der Waals surface area (Å²) in [4.78, 5) is 11.2. The summed E-state index contributed by atoms with van der Waals surface area (Å²) in [6.45, 7) is 0. The van der Waals surface area contributed by atoms with Gasteiger partial charge in [-0.3, -0.25) is 0 Å². The lowest BCUT2D eigenvalue weighted by Gasteiger charge is -2.14. The Morgan fingerprint density at radius 3 is 2.65 bits per heavy atom. The second-order valence-corrected chi connectivity index (χ2v) is 4.36. The van der Waals surface area contributed by atoms with Crippen molar-refractivity contribution >= 4 is 28.5 Å². The number of nitrogens with zero attached hydrogens (tertiary/aromatic N) is 1. The molecule has 1 heterocycles. The first-order valence-corrected chi connectivity index (χ1v) is 5.54. The number of hydrogen-bond donors (Lipinski definition) is 3. The fourth-order valence-electron chi connectivity index (χ4n) is 2.74. The van der Waals surface area contributed by atoms with E-state index in [1.807, 2.05) is 0 Å². The summed E-state index contributed by atoms with van der Waals surface area (Å²) in [6.07, 6.45) is 1.62. The van der Waals surface area contributed by atoms with Crippen molar-refractivity contribution in [1.82, 2.24) is 4.57 Å². The van der Waals surface area contributed by atoms with Crippen LogP contribution < -0.4 is 11.5 Å². The normalized spacial score (nSPS) is 14.1. The van der Waals surface area contributed by atoms with E-state index in [-0.39, 0.29) is 0 Å². The average molecular weight is 231 g/mol. The number of carbonyl (C=O) groups is 1. The number of hydrogen-bond acceptors (Lipinski definition) is 3. The van der Waals surface area contributed by atoms with E-state index in [0.717, 1.165) is 46.0 Å². The van der Waals surface area contributed by atoms with Crippen LogP contribution >= 0.6 is 0 Å². The predicted octanol–water partition coefficient (Wildman–Crippen LogP) is 1.82. The van der Waals surface area contributed by atoms with Crippen molar-refractivity contribution in [2.75, 3.05) is 11.5 Å². The Hall–Kier alpha value is -2.17. The number of anilines is 2. The molecule has 3 rings (SSSR count). The van der Waals surface area contributed by atoms with Crippen LogP contribution in [-0.4, -0.2) is 15.8 Å². The minimum Gasteiger partial charge on any atom is -0.464 e. The Labute approximate surface area is 97.6 Å². The Morgan fingerprint density at radius 2 is 1.94 bits per heavy atom. The average Bonchev–Trinajstić information content (AvgIpc) is 2.59. The van der Waals surface area contributed by atoms with E-state index >= 15 is 0 Å². The standard InChI is InChI=1S/C12H13N3O2/c13-8-4-5-9-10-6(8)2-1-3-7(10)11(14)15(9)12(16)17/h4-5H,1-3,13-14H2,(H,16,17). The summed E-state index contributed by atoms with van der Waals surface area (Å²) in [5, 5.41) is 10.1. The predicted molar refractivity (Wildman–Crippen MR) is 66.2 cm³/mol. The number of carboxylic acid groups (broad SMARTS) is 1. The Balaban J connectivity index is 2.52. The van der Waals surface area contributed by atoms with Crippen LogP contribution in [0.1, 0.15) is 17.5 Å². The molecule has 5 nitrogen and oxygen atoms in total. The van der Waals surface area contributed by atoms with Crippen molar-refractivity contribution in [2.24, 2.45) is 0 Å². The van der Waals surface area contributed by atoms with Gasteiger partial charge >= 0.3 is 6.09 Å². The molecule has 0 fully saturated rings. The second kappa shape index (κ2) is 3.16. The quantitative estimate of drug-likeness (QED) is 0.603. The maximum Gasteiger partial charge on any atom is 0.417 e. The summed E-state index contributed by atoms with van der Waals surface area (Å²) in [7, 11) is 0. The molecule has 1 aromatic heterocycles. The van der Waals surface area contributed by atoms with Crippen LogP contribution in [0.15, 0.2) is 12.1 Å². The highest BCUT2D eigenvalue weighted by Crippen LogP contribution is 2.38. The van der Waals surface area contributed by atoms with Gasteiger partial charge < -0.3 is 16.6 Å². The molecule has 0 atom stereocenters. The molecule has 5 N–H and O–H groups in total. The smallest absolute Gasteiger partial charge is 0.417 e. The van der Waals surface area contributed by atoms with E-state index in [4.69, 9.17) is 11.5 Å². The van der Waals surface area contributed by atoms with Gasteiger partial charge in [-0.2, -0.15) is 0 Å². The first-order valence-electron chi connectivity index (χ1n) is 5.54. The number of nitrogens with two attached hydrogens (primary N) is 2. The lowest BCUT2D eigenvalue weighted by atomic mass is 9.91. The maximum atomic E-state index is 11.2. The molecule has 1 aromatic carbocycles. The third-order valence-electron chi connectivity index (χ3n) is 3.46. The number of aromatic nitrogens is 1. The maximum absolute atomic E-state index is 11.2. The van der Waals surface area contributed by atoms with Gasteiger partial charge in [0.05, 0.1) is 5.52 Å². The summed E-state index contributed by atoms with van der Waals surface area (Å²) >= 11 is 0. The van der Waals surface area contributed by atoms with E-state index in [0.29, 0.717) is 11.3 Å². The van der Waals surface area contributed by atoms with Gasteiger partial charge in [-0.25, -0.2) is 9.36 Å². The molecule has 88 valence electrons. The van der Waals surface area contributed by atoms with Crippen molar-refractivity contribution < 1.29 is 9.90 Å². The zero-order valence-corrected chi connectivity index (χ0v) is 9.23. The van der Waals surface area contributed by atoms with E-state index in [1.54, 1.807) is 12.1 Å². The Bertz CT molecular complexity index is 643. The molecule has 0 bridgehead atoms. The SMILES string of the molecule is Nc1ccc2c3c1CCCc3c(N)n2C(=O)O. The molecule has 0 saturated carbocycles. The highest BCUT2D eigenvalue weighted by atomic mass is 16.4. The van der Waals surface area contributed by atoms with Crippen LogP contribution in [0.25, 0.3) is 10.9 Å². The summed E-state index contributed by atoms with van der Waals surface area (Å²) in [5.74, 6) is 0.332. The van der Waals surface area contributed by atoms with Crippen LogP contribution in [0.2, 0.25) is 0 Å². The number of aryl methyl sites for hydroxylation is 2. The molecule has 1 aliphatic carbocycles. The molecule has 0 radical (unpaired) electrons. The van der Waals surface area contributed by atoms with Gasteiger partial charge in [0.25, 0.3) is 0 Å². The van der Waals surface area contributed by atoms with Crippen LogP contribution in [0.5, 0.6) is 0 Å². The highest BCUT2D eigenvalue weighted by Gasteiger charge is 2.24. The Kier molecular flexibility index (Phi) is 1.86. The lowest BCUT2D eigenvalue weighted by molar-refractivity contribution is 0.198. The molecular formula is C12H13N3O2. The van der Waals surface area contributed by atoms with E-state index < -0.39 is 6.09 Å². The van der Waals surface area contributed by atoms with Crippen LogP contribution in [0.3, 0.4) is 0 Å². The fraction of sp³-hybridized carbons (Fsp3) is 0.250. The van der Waals surface area contributed by atoms with Crippen molar-refractivity contribution in [2.45, 2.75) is 19.3 Å². The number of rotatable bonds is 0. The zero-order chi connectivity index (χ0) is 12.2. The molecule has 1 aliphatic rings. The van der Waals surface area contributed by atoms with Gasteiger partial charge in [-0.15, -0.1) is 0 Å². The van der Waals surface area contributed by atoms with Gasteiger partial charge in [-0.05, 0) is 37.0 Å². The third-order valence-corrected chi connectivity index (χ3v) is 3.46. The van der Waals surface area contributed by atoms with Crippen molar-refractivity contribution in [3.05, 3.63) is 23.3 Å². The summed E-state index contributed by atoms with van der Waals surface area (Å²) in [5.41, 5.74) is 15.2. The van der Waals surface area contributed by atoms with Crippen molar-refractivity contribution in [3.63, 3.8) is 0 Å². The molecule has 0 saturated heterocycles. The molecular weight excluding hydrogens is 218 g/mol. The van der Waals surface area contributed by atoms with Gasteiger partial charge in [-0.1, -0.05) is 0 Å². The van der Waals surface area contributed by atoms with Crippen molar-refractivity contribution in [3.8, 4) is 0 Å². The van der Waals surface area contributed by atoms with Crippen molar-refractivity contribution in [1.29, 1.82) is 0 Å². The molecule has 5 heteroatoms.